The summed E-state index contributed by atoms with van der Waals surface area (Å²) in [6, 6.07) is 16.2. The number of para-hydroxylation sites is 2. The Morgan fingerprint density at radius 3 is 2.96 bits per heavy atom. The average molecular weight is 355 g/mol. The van der Waals surface area contributed by atoms with Crippen molar-refractivity contribution >= 4 is 45.0 Å². The predicted molar refractivity (Wildman–Crippen MR) is 101 cm³/mol. The number of urea groups is 1. The number of carbonyl (C=O) groups is 1. The maximum absolute atomic E-state index is 12.5. The van der Waals surface area contributed by atoms with Crippen LogP contribution in [0.2, 0.25) is 0 Å². The standard InChI is InChI=1S/C18H17N3OS2/c22-17(21-11-5-7-13-6-1-3-9-15(13)21)19-12-23-18-20-14-8-2-4-10-16(14)24-18/h1-4,6,8-10H,5,7,11-12H2,(H,19,22). The Labute approximate surface area is 148 Å². The van der Waals surface area contributed by atoms with Crippen molar-refractivity contribution in [2.75, 3.05) is 17.3 Å². The number of aryl methyl sites for hydroxylation is 1. The lowest BCUT2D eigenvalue weighted by atomic mass is 10.0. The number of hydrogen-bond acceptors (Lipinski definition) is 4. The van der Waals surface area contributed by atoms with Crippen LogP contribution in [0.4, 0.5) is 10.5 Å². The molecule has 24 heavy (non-hydrogen) atoms. The van der Waals surface area contributed by atoms with Gasteiger partial charge in [-0.25, -0.2) is 9.78 Å². The van der Waals surface area contributed by atoms with E-state index in [0.717, 1.165) is 34.9 Å². The Balaban J connectivity index is 1.39. The number of aromatic nitrogens is 1. The second-order valence-electron chi connectivity index (χ2n) is 5.60. The SMILES string of the molecule is O=C(NCSc1nc2ccccc2s1)N1CCCc2ccccc21. The molecule has 1 aliphatic heterocycles. The molecule has 2 amide bonds. The average Bonchev–Trinajstić information content (AvgIpc) is 3.04. The van der Waals surface area contributed by atoms with Gasteiger partial charge in [0.2, 0.25) is 0 Å². The van der Waals surface area contributed by atoms with E-state index in [1.807, 2.05) is 41.3 Å². The summed E-state index contributed by atoms with van der Waals surface area (Å²) in [5.74, 6) is 0.525. The fourth-order valence-electron chi connectivity index (χ4n) is 2.91. The van der Waals surface area contributed by atoms with Crippen LogP contribution in [0.1, 0.15) is 12.0 Å². The molecule has 1 aliphatic rings. The summed E-state index contributed by atoms with van der Waals surface area (Å²) in [4.78, 5) is 18.9. The lowest BCUT2D eigenvalue weighted by Gasteiger charge is -2.29. The van der Waals surface area contributed by atoms with E-state index in [1.165, 1.54) is 10.3 Å². The summed E-state index contributed by atoms with van der Waals surface area (Å²) in [7, 11) is 0. The van der Waals surface area contributed by atoms with E-state index in [0.29, 0.717) is 5.88 Å². The smallest absolute Gasteiger partial charge is 0.322 e. The highest BCUT2D eigenvalue weighted by molar-refractivity contribution is 8.01. The first-order valence-electron chi connectivity index (χ1n) is 7.93. The van der Waals surface area contributed by atoms with Crippen molar-refractivity contribution < 1.29 is 4.79 Å². The first-order chi connectivity index (χ1) is 11.8. The molecule has 2 heterocycles. The largest absolute Gasteiger partial charge is 0.328 e. The fraction of sp³-hybridized carbons (Fsp3) is 0.222. The Hall–Kier alpha value is -2.05. The number of carbonyl (C=O) groups excluding carboxylic acids is 1. The zero-order valence-electron chi connectivity index (χ0n) is 13.1. The Kier molecular flexibility index (Phi) is 4.40. The van der Waals surface area contributed by atoms with Gasteiger partial charge >= 0.3 is 6.03 Å². The molecule has 0 bridgehead atoms. The number of thiazole rings is 1. The highest BCUT2D eigenvalue weighted by Crippen LogP contribution is 2.29. The molecule has 6 heteroatoms. The first kappa shape index (κ1) is 15.5. The third-order valence-corrected chi connectivity index (χ3v) is 6.11. The molecule has 4 nitrogen and oxygen atoms in total. The zero-order valence-corrected chi connectivity index (χ0v) is 14.7. The second-order valence-corrected chi connectivity index (χ2v) is 7.86. The quantitative estimate of drug-likeness (QED) is 0.555. The van der Waals surface area contributed by atoms with Gasteiger partial charge in [-0.3, -0.25) is 4.90 Å². The maximum atomic E-state index is 12.5. The van der Waals surface area contributed by atoms with Gasteiger partial charge in [-0.1, -0.05) is 42.1 Å². The third-order valence-electron chi connectivity index (χ3n) is 4.05. The number of thioether (sulfide) groups is 1. The van der Waals surface area contributed by atoms with Gasteiger partial charge < -0.3 is 5.32 Å². The summed E-state index contributed by atoms with van der Waals surface area (Å²) < 4.78 is 2.16. The third kappa shape index (κ3) is 3.12. The summed E-state index contributed by atoms with van der Waals surface area (Å²) >= 11 is 3.23. The van der Waals surface area contributed by atoms with Crippen LogP contribution >= 0.6 is 23.1 Å². The molecule has 1 aromatic heterocycles. The number of anilines is 1. The van der Waals surface area contributed by atoms with Crippen LogP contribution in [0.15, 0.2) is 52.9 Å². The van der Waals surface area contributed by atoms with Gasteiger partial charge in [-0.15, -0.1) is 11.3 Å². The number of hydrogen-bond donors (Lipinski definition) is 1. The molecule has 0 saturated carbocycles. The molecular weight excluding hydrogens is 338 g/mol. The molecule has 0 radical (unpaired) electrons. The van der Waals surface area contributed by atoms with Crippen molar-refractivity contribution in [3.63, 3.8) is 0 Å². The van der Waals surface area contributed by atoms with Crippen LogP contribution in [0.25, 0.3) is 10.2 Å². The number of fused-ring (bicyclic) bond motifs is 2. The van der Waals surface area contributed by atoms with Crippen molar-refractivity contribution in [2.45, 2.75) is 17.2 Å². The van der Waals surface area contributed by atoms with Gasteiger partial charge in [-0.2, -0.15) is 0 Å². The number of benzene rings is 2. The molecule has 0 spiro atoms. The minimum atomic E-state index is -0.0317. The fourth-order valence-corrected chi connectivity index (χ4v) is 4.77. The maximum Gasteiger partial charge on any atom is 0.322 e. The lowest BCUT2D eigenvalue weighted by molar-refractivity contribution is 0.247. The highest BCUT2D eigenvalue weighted by atomic mass is 32.2. The number of rotatable bonds is 3. The highest BCUT2D eigenvalue weighted by Gasteiger charge is 2.21. The predicted octanol–water partition coefficient (Wildman–Crippen LogP) is 4.51. The molecule has 4 rings (SSSR count). The first-order valence-corrected chi connectivity index (χ1v) is 9.73. The van der Waals surface area contributed by atoms with E-state index < -0.39 is 0 Å². The van der Waals surface area contributed by atoms with E-state index in [1.54, 1.807) is 23.1 Å². The van der Waals surface area contributed by atoms with Gasteiger partial charge in [0.15, 0.2) is 4.34 Å². The molecular formula is C18H17N3OS2. The van der Waals surface area contributed by atoms with E-state index in [-0.39, 0.29) is 6.03 Å². The van der Waals surface area contributed by atoms with Crippen LogP contribution in [0.3, 0.4) is 0 Å². The topological polar surface area (TPSA) is 45.2 Å². The van der Waals surface area contributed by atoms with E-state index in [9.17, 15) is 4.79 Å². The Morgan fingerprint density at radius 1 is 1.21 bits per heavy atom. The van der Waals surface area contributed by atoms with E-state index in [2.05, 4.69) is 22.4 Å². The van der Waals surface area contributed by atoms with Crippen molar-refractivity contribution in [1.29, 1.82) is 0 Å². The molecule has 2 aromatic carbocycles. The molecule has 1 N–H and O–H groups in total. The molecule has 3 aromatic rings. The van der Waals surface area contributed by atoms with E-state index >= 15 is 0 Å². The van der Waals surface area contributed by atoms with Crippen LogP contribution < -0.4 is 10.2 Å². The van der Waals surface area contributed by atoms with Gasteiger partial charge in [-0.05, 0) is 36.6 Å². The second kappa shape index (κ2) is 6.83. The van der Waals surface area contributed by atoms with Gasteiger partial charge in [0, 0.05) is 12.2 Å². The van der Waals surface area contributed by atoms with Gasteiger partial charge in [0.25, 0.3) is 0 Å². The molecule has 122 valence electrons. The van der Waals surface area contributed by atoms with Crippen LogP contribution in [-0.4, -0.2) is 23.4 Å². The lowest BCUT2D eigenvalue weighted by Crippen LogP contribution is -2.42. The van der Waals surface area contributed by atoms with Gasteiger partial charge in [0.1, 0.15) is 0 Å². The van der Waals surface area contributed by atoms with Crippen molar-refractivity contribution in [1.82, 2.24) is 10.3 Å². The molecule has 0 unspecified atom stereocenters. The van der Waals surface area contributed by atoms with Gasteiger partial charge in [0.05, 0.1) is 16.1 Å². The van der Waals surface area contributed by atoms with Crippen LogP contribution in [0, 0.1) is 0 Å². The summed E-state index contributed by atoms with van der Waals surface area (Å²) in [5, 5.41) is 3.00. The zero-order chi connectivity index (χ0) is 16.4. The van der Waals surface area contributed by atoms with Crippen molar-refractivity contribution in [2.24, 2.45) is 0 Å². The van der Waals surface area contributed by atoms with Crippen LogP contribution in [0.5, 0.6) is 0 Å². The summed E-state index contributed by atoms with van der Waals surface area (Å²) in [5.41, 5.74) is 3.30. The minimum Gasteiger partial charge on any atom is -0.328 e. The van der Waals surface area contributed by atoms with E-state index in [4.69, 9.17) is 0 Å². The molecule has 0 atom stereocenters. The Morgan fingerprint density at radius 2 is 2.04 bits per heavy atom. The number of amides is 2. The van der Waals surface area contributed by atoms with Crippen molar-refractivity contribution in [3.05, 3.63) is 54.1 Å². The van der Waals surface area contributed by atoms with Crippen LogP contribution in [-0.2, 0) is 6.42 Å². The monoisotopic (exact) mass is 355 g/mol. The molecule has 0 saturated heterocycles. The normalized spacial score (nSPS) is 13.8. The molecule has 0 fully saturated rings. The summed E-state index contributed by atoms with van der Waals surface area (Å²) in [6.07, 6.45) is 2.05. The number of nitrogens with one attached hydrogen (secondary N) is 1. The number of nitrogens with zero attached hydrogens (tertiary/aromatic N) is 2. The molecule has 0 aliphatic carbocycles. The minimum absolute atomic E-state index is 0.0317. The summed E-state index contributed by atoms with van der Waals surface area (Å²) in [6.45, 7) is 0.772. The van der Waals surface area contributed by atoms with Crippen molar-refractivity contribution in [3.8, 4) is 0 Å². The Bertz CT molecular complexity index is 844.